The lowest BCUT2D eigenvalue weighted by Crippen LogP contribution is -2.13. The van der Waals surface area contributed by atoms with E-state index >= 15 is 0 Å². The highest BCUT2D eigenvalue weighted by atomic mass is 35.5. The van der Waals surface area contributed by atoms with Crippen LogP contribution in [0.5, 0.6) is 0 Å². The van der Waals surface area contributed by atoms with E-state index in [1.54, 1.807) is 0 Å². The van der Waals surface area contributed by atoms with Gasteiger partial charge in [0, 0.05) is 37.3 Å². The first-order chi connectivity index (χ1) is 22.7. The van der Waals surface area contributed by atoms with Gasteiger partial charge in [-0.05, 0) is 48.5 Å². The van der Waals surface area contributed by atoms with Crippen LogP contribution in [0.3, 0.4) is 0 Å². The van der Waals surface area contributed by atoms with Gasteiger partial charge in [0.2, 0.25) is 17.8 Å². The fourth-order valence-corrected chi connectivity index (χ4v) is 7.25. The number of hydrogen-bond acceptors (Lipinski definition) is 3. The molecule has 4 heterocycles. The topological polar surface area (TPSA) is 53.5 Å². The van der Waals surface area contributed by atoms with Gasteiger partial charge in [0.1, 0.15) is 0 Å². The molecule has 0 aliphatic rings. The average molecular weight is 611 g/mol. The van der Waals surface area contributed by atoms with Crippen LogP contribution in [-0.4, -0.2) is 28.7 Å². The van der Waals surface area contributed by atoms with E-state index in [0.29, 0.717) is 22.9 Å². The number of halogens is 1. The van der Waals surface area contributed by atoms with Crippen LogP contribution in [0.4, 0.5) is 0 Å². The summed E-state index contributed by atoms with van der Waals surface area (Å²) < 4.78 is 6.42. The maximum atomic E-state index is 6.52. The predicted molar refractivity (Wildman–Crippen MR) is 188 cm³/mol. The molecule has 10 aromatic rings. The first-order valence-electron chi connectivity index (χ1n) is 15.2. The van der Waals surface area contributed by atoms with Gasteiger partial charge in [0.15, 0.2) is 0 Å². The van der Waals surface area contributed by atoms with Crippen molar-refractivity contribution in [1.82, 2.24) is 28.7 Å². The molecule has 0 radical (unpaired) electrons. The Morgan fingerprint density at radius 2 is 0.609 bits per heavy atom. The van der Waals surface area contributed by atoms with E-state index in [1.807, 2.05) is 30.3 Å². The van der Waals surface area contributed by atoms with Crippen molar-refractivity contribution < 1.29 is 0 Å². The first-order valence-corrected chi connectivity index (χ1v) is 15.5. The van der Waals surface area contributed by atoms with Gasteiger partial charge in [-0.2, -0.15) is 15.0 Å². The smallest absolute Gasteiger partial charge is 0.241 e. The zero-order chi connectivity index (χ0) is 30.4. The quantitative estimate of drug-likeness (QED) is 0.200. The normalized spacial score (nSPS) is 12.0. The van der Waals surface area contributed by atoms with Gasteiger partial charge in [-0.25, -0.2) is 0 Å². The van der Waals surface area contributed by atoms with Crippen LogP contribution < -0.4 is 0 Å². The molecular formula is C39H23ClN6. The third kappa shape index (κ3) is 3.50. The lowest BCUT2D eigenvalue weighted by atomic mass is 10.2. The van der Waals surface area contributed by atoms with E-state index in [9.17, 15) is 0 Å². The molecule has 0 spiro atoms. The third-order valence-corrected chi connectivity index (χ3v) is 9.23. The van der Waals surface area contributed by atoms with E-state index in [0.717, 1.165) is 65.4 Å². The van der Waals surface area contributed by atoms with Crippen LogP contribution >= 0.6 is 11.6 Å². The summed E-state index contributed by atoms with van der Waals surface area (Å²) in [4.78, 5) is 15.8. The van der Waals surface area contributed by atoms with Gasteiger partial charge < -0.3 is 0 Å². The van der Waals surface area contributed by atoms with Crippen LogP contribution in [-0.2, 0) is 0 Å². The summed E-state index contributed by atoms with van der Waals surface area (Å²) in [5, 5.41) is 7.38. The molecule has 0 N–H and O–H groups in total. The van der Waals surface area contributed by atoms with Crippen molar-refractivity contribution in [3.8, 4) is 17.8 Å². The maximum absolute atomic E-state index is 6.52. The Morgan fingerprint density at radius 3 is 0.957 bits per heavy atom. The minimum atomic E-state index is 0.525. The molecule has 10 rings (SSSR count). The standard InChI is InChI=1S/C39H23ClN6/c40-24-21-22-36-30(23-24)29-15-5-10-20-35(29)46(36)39-42-37(44-31-16-6-1-11-25(31)26-12-2-7-17-32(26)44)41-38(43-39)45-33-18-8-3-13-27(33)28-14-4-9-19-34(28)45/h1-23H. The molecular weight excluding hydrogens is 588 g/mol. The van der Waals surface area contributed by atoms with Crippen molar-refractivity contribution in [3.63, 3.8) is 0 Å². The Labute approximate surface area is 267 Å². The highest BCUT2D eigenvalue weighted by Crippen LogP contribution is 2.36. The number of aromatic nitrogens is 6. The van der Waals surface area contributed by atoms with Crippen molar-refractivity contribution in [2.45, 2.75) is 0 Å². The number of rotatable bonds is 3. The monoisotopic (exact) mass is 610 g/mol. The Bertz CT molecular complexity index is 2600. The van der Waals surface area contributed by atoms with E-state index in [1.165, 1.54) is 0 Å². The van der Waals surface area contributed by atoms with Crippen molar-refractivity contribution in [2.75, 3.05) is 0 Å². The number of para-hydroxylation sites is 5. The molecule has 0 unspecified atom stereocenters. The molecule has 6 nitrogen and oxygen atoms in total. The van der Waals surface area contributed by atoms with Crippen LogP contribution in [0, 0.1) is 0 Å². The van der Waals surface area contributed by atoms with E-state index in [-0.39, 0.29) is 0 Å². The summed E-state index contributed by atoms with van der Waals surface area (Å²) in [6.45, 7) is 0. The SMILES string of the molecule is Clc1ccc2c(c1)c1ccccc1n2-c1nc(-n2c3ccccc3c3ccccc32)nc(-n2c3ccccc3c3ccccc32)n1. The largest absolute Gasteiger partial charge is 0.278 e. The van der Waals surface area contributed by atoms with Crippen LogP contribution in [0.2, 0.25) is 5.02 Å². The van der Waals surface area contributed by atoms with Gasteiger partial charge in [0.05, 0.1) is 33.1 Å². The second kappa shape index (κ2) is 9.51. The molecule has 216 valence electrons. The number of fused-ring (bicyclic) bond motifs is 9. The zero-order valence-corrected chi connectivity index (χ0v) is 25.1. The van der Waals surface area contributed by atoms with E-state index in [2.05, 4.69) is 123 Å². The highest BCUT2D eigenvalue weighted by molar-refractivity contribution is 6.32. The van der Waals surface area contributed by atoms with Crippen LogP contribution in [0.15, 0.2) is 140 Å². The lowest BCUT2D eigenvalue weighted by molar-refractivity contribution is 0.848. The summed E-state index contributed by atoms with van der Waals surface area (Å²) in [5.41, 5.74) is 6.09. The molecule has 0 fully saturated rings. The second-order valence-corrected chi connectivity index (χ2v) is 11.9. The summed E-state index contributed by atoms with van der Waals surface area (Å²) in [7, 11) is 0. The molecule has 0 saturated heterocycles. The molecule has 0 saturated carbocycles. The fraction of sp³-hybridized carbons (Fsp3) is 0. The first kappa shape index (κ1) is 25.4. The molecule has 0 bridgehead atoms. The van der Waals surface area contributed by atoms with Crippen molar-refractivity contribution in [2.24, 2.45) is 0 Å². The van der Waals surface area contributed by atoms with Crippen LogP contribution in [0.1, 0.15) is 0 Å². The second-order valence-electron chi connectivity index (χ2n) is 11.5. The Morgan fingerprint density at radius 1 is 0.326 bits per heavy atom. The van der Waals surface area contributed by atoms with E-state index < -0.39 is 0 Å². The summed E-state index contributed by atoms with van der Waals surface area (Å²) in [6, 6.07) is 47.9. The molecule has 7 heteroatoms. The minimum absolute atomic E-state index is 0.525. The molecule has 0 atom stereocenters. The highest BCUT2D eigenvalue weighted by Gasteiger charge is 2.22. The summed E-state index contributed by atoms with van der Waals surface area (Å²) in [6.07, 6.45) is 0. The van der Waals surface area contributed by atoms with Gasteiger partial charge in [0.25, 0.3) is 0 Å². The van der Waals surface area contributed by atoms with Crippen molar-refractivity contribution in [1.29, 1.82) is 0 Å². The van der Waals surface area contributed by atoms with Gasteiger partial charge in [-0.15, -0.1) is 0 Å². The fourth-order valence-electron chi connectivity index (χ4n) is 7.08. The molecule has 46 heavy (non-hydrogen) atoms. The number of nitrogens with zero attached hydrogens (tertiary/aromatic N) is 6. The van der Waals surface area contributed by atoms with Crippen molar-refractivity contribution >= 4 is 77.0 Å². The maximum Gasteiger partial charge on any atom is 0.241 e. The molecule has 4 aromatic heterocycles. The number of benzene rings is 6. The Balaban J connectivity index is 1.38. The van der Waals surface area contributed by atoms with Gasteiger partial charge in [-0.3, -0.25) is 13.7 Å². The van der Waals surface area contributed by atoms with Gasteiger partial charge in [-0.1, -0.05) is 103 Å². The number of hydrogen-bond donors (Lipinski definition) is 0. The molecule has 0 amide bonds. The zero-order valence-electron chi connectivity index (χ0n) is 24.3. The molecule has 6 aromatic carbocycles. The third-order valence-electron chi connectivity index (χ3n) is 8.99. The Kier molecular flexibility index (Phi) is 5.24. The molecule has 0 aliphatic carbocycles. The van der Waals surface area contributed by atoms with Crippen molar-refractivity contribution in [3.05, 3.63) is 145 Å². The Hall–Kier alpha value is -5.98. The van der Waals surface area contributed by atoms with Crippen LogP contribution in [0.25, 0.3) is 83.3 Å². The minimum Gasteiger partial charge on any atom is -0.278 e. The molecule has 0 aliphatic heterocycles. The van der Waals surface area contributed by atoms with Gasteiger partial charge >= 0.3 is 0 Å². The summed E-state index contributed by atoms with van der Waals surface area (Å²) >= 11 is 6.52. The predicted octanol–water partition coefficient (Wildman–Crippen LogP) is 9.82. The lowest BCUT2D eigenvalue weighted by Gasteiger charge is -2.14. The van der Waals surface area contributed by atoms with E-state index in [4.69, 9.17) is 26.6 Å². The average Bonchev–Trinajstić information content (AvgIpc) is 3.74. The summed E-state index contributed by atoms with van der Waals surface area (Å²) in [5.74, 6) is 1.61.